The highest BCUT2D eigenvalue weighted by atomic mass is 19.1. The lowest BCUT2D eigenvalue weighted by Crippen LogP contribution is -2.29. The van der Waals surface area contributed by atoms with Crippen LogP contribution in [-0.2, 0) is 4.74 Å². The molecule has 2 aromatic carbocycles. The molecule has 2 heterocycles. The molecule has 1 aromatic heterocycles. The predicted molar refractivity (Wildman–Crippen MR) is 119 cm³/mol. The van der Waals surface area contributed by atoms with E-state index in [0.29, 0.717) is 29.1 Å². The van der Waals surface area contributed by atoms with Gasteiger partial charge in [0.2, 0.25) is 0 Å². The van der Waals surface area contributed by atoms with E-state index in [1.165, 1.54) is 18.3 Å². The van der Waals surface area contributed by atoms with Crippen molar-refractivity contribution >= 4 is 17.6 Å². The van der Waals surface area contributed by atoms with Gasteiger partial charge in [-0.25, -0.2) is 13.9 Å². The van der Waals surface area contributed by atoms with Crippen molar-refractivity contribution in [1.82, 2.24) is 15.1 Å². The standard InChI is InChI=1S/C24H25FN4O3/c1-2-32-24(31)17-6-8-19(9-7-17)28-23(30)21-15-27-29(20-5-3-4-18(25)14-20)22(21)16-10-12-26-13-11-16/h3-9,14-16,26H,2,10-13H2,1H3,(H,28,30). The maximum Gasteiger partial charge on any atom is 0.338 e. The van der Waals surface area contributed by atoms with Gasteiger partial charge in [-0.2, -0.15) is 5.10 Å². The Balaban J connectivity index is 1.62. The summed E-state index contributed by atoms with van der Waals surface area (Å²) < 4.78 is 20.5. The van der Waals surface area contributed by atoms with E-state index in [9.17, 15) is 14.0 Å². The molecule has 1 fully saturated rings. The van der Waals surface area contributed by atoms with Gasteiger partial charge in [0.1, 0.15) is 5.82 Å². The number of nitrogens with one attached hydrogen (secondary N) is 2. The maximum atomic E-state index is 13.9. The fraction of sp³-hybridized carbons (Fsp3) is 0.292. The van der Waals surface area contributed by atoms with Gasteiger partial charge in [-0.3, -0.25) is 4.79 Å². The van der Waals surface area contributed by atoms with Crippen LogP contribution in [0.25, 0.3) is 5.69 Å². The second kappa shape index (κ2) is 9.74. The molecular weight excluding hydrogens is 411 g/mol. The van der Waals surface area contributed by atoms with Gasteiger partial charge in [0.25, 0.3) is 5.91 Å². The molecule has 2 N–H and O–H groups in total. The molecular formula is C24H25FN4O3. The molecule has 1 aliphatic heterocycles. The van der Waals surface area contributed by atoms with Crippen molar-refractivity contribution in [3.63, 3.8) is 0 Å². The monoisotopic (exact) mass is 436 g/mol. The number of halogens is 1. The topological polar surface area (TPSA) is 85.2 Å². The first-order valence-corrected chi connectivity index (χ1v) is 10.7. The molecule has 166 valence electrons. The highest BCUT2D eigenvalue weighted by molar-refractivity contribution is 6.05. The summed E-state index contributed by atoms with van der Waals surface area (Å²) in [6.07, 6.45) is 3.25. The minimum Gasteiger partial charge on any atom is -0.462 e. The van der Waals surface area contributed by atoms with Crippen LogP contribution in [0.15, 0.2) is 54.7 Å². The van der Waals surface area contributed by atoms with Crippen LogP contribution < -0.4 is 10.6 Å². The lowest BCUT2D eigenvalue weighted by atomic mass is 9.91. The third-order valence-corrected chi connectivity index (χ3v) is 5.48. The predicted octanol–water partition coefficient (Wildman–Crippen LogP) is 3.91. The van der Waals surface area contributed by atoms with Crippen LogP contribution in [0.3, 0.4) is 0 Å². The van der Waals surface area contributed by atoms with Crippen molar-refractivity contribution in [3.8, 4) is 5.69 Å². The van der Waals surface area contributed by atoms with Crippen LogP contribution in [0.4, 0.5) is 10.1 Å². The lowest BCUT2D eigenvalue weighted by Gasteiger charge is -2.24. The van der Waals surface area contributed by atoms with Gasteiger partial charge in [-0.05, 0) is 75.3 Å². The van der Waals surface area contributed by atoms with Crippen LogP contribution in [0.1, 0.15) is 52.1 Å². The highest BCUT2D eigenvalue weighted by Gasteiger charge is 2.27. The number of ether oxygens (including phenoxy) is 1. The number of hydrogen-bond acceptors (Lipinski definition) is 5. The third kappa shape index (κ3) is 4.70. The second-order valence-electron chi connectivity index (χ2n) is 7.61. The maximum absolute atomic E-state index is 13.9. The zero-order valence-electron chi connectivity index (χ0n) is 17.8. The van der Waals surface area contributed by atoms with Crippen molar-refractivity contribution in [3.05, 3.63) is 77.4 Å². The molecule has 0 spiro atoms. The van der Waals surface area contributed by atoms with Crippen molar-refractivity contribution in [2.24, 2.45) is 0 Å². The van der Waals surface area contributed by atoms with Crippen molar-refractivity contribution in [2.45, 2.75) is 25.7 Å². The van der Waals surface area contributed by atoms with E-state index in [1.807, 2.05) is 0 Å². The molecule has 1 amide bonds. The first-order chi connectivity index (χ1) is 15.6. The number of carbonyl (C=O) groups is 2. The van der Waals surface area contributed by atoms with Crippen LogP contribution >= 0.6 is 0 Å². The molecule has 4 rings (SSSR count). The van der Waals surface area contributed by atoms with E-state index in [2.05, 4.69) is 15.7 Å². The minimum absolute atomic E-state index is 0.119. The number of esters is 1. The summed E-state index contributed by atoms with van der Waals surface area (Å²) in [6.45, 7) is 3.73. The fourth-order valence-electron chi connectivity index (χ4n) is 3.94. The van der Waals surface area contributed by atoms with Gasteiger partial charge in [-0.15, -0.1) is 0 Å². The zero-order chi connectivity index (χ0) is 22.5. The SMILES string of the molecule is CCOC(=O)c1ccc(NC(=O)c2cnn(-c3cccc(F)c3)c2C2CCNCC2)cc1. The Morgan fingerprint density at radius 3 is 2.62 bits per heavy atom. The van der Waals surface area contributed by atoms with Crippen LogP contribution in [0.5, 0.6) is 0 Å². The minimum atomic E-state index is -0.407. The van der Waals surface area contributed by atoms with Crippen LogP contribution in [0, 0.1) is 5.82 Å². The molecule has 1 saturated heterocycles. The van der Waals surface area contributed by atoms with Crippen molar-refractivity contribution in [1.29, 1.82) is 0 Å². The van der Waals surface area contributed by atoms with Gasteiger partial charge < -0.3 is 15.4 Å². The number of rotatable bonds is 6. The number of carbonyl (C=O) groups excluding carboxylic acids is 2. The van der Waals surface area contributed by atoms with E-state index < -0.39 is 5.97 Å². The molecule has 32 heavy (non-hydrogen) atoms. The van der Waals surface area contributed by atoms with Gasteiger partial charge in [0.15, 0.2) is 0 Å². The quantitative estimate of drug-likeness (QED) is 0.573. The summed E-state index contributed by atoms with van der Waals surface area (Å²) in [4.78, 5) is 25.0. The first kappa shape index (κ1) is 21.7. The van der Waals surface area contributed by atoms with E-state index in [4.69, 9.17) is 4.74 Å². The molecule has 0 radical (unpaired) electrons. The number of amides is 1. The summed E-state index contributed by atoms with van der Waals surface area (Å²) in [5.74, 6) is -0.948. The van der Waals surface area contributed by atoms with Crippen molar-refractivity contribution in [2.75, 3.05) is 25.0 Å². The van der Waals surface area contributed by atoms with Gasteiger partial charge in [-0.1, -0.05) is 6.07 Å². The summed E-state index contributed by atoms with van der Waals surface area (Å²) in [5, 5.41) is 10.6. The first-order valence-electron chi connectivity index (χ1n) is 10.7. The lowest BCUT2D eigenvalue weighted by molar-refractivity contribution is 0.0526. The largest absolute Gasteiger partial charge is 0.462 e. The summed E-state index contributed by atoms with van der Waals surface area (Å²) in [7, 11) is 0. The molecule has 8 heteroatoms. The van der Waals surface area contributed by atoms with Gasteiger partial charge in [0.05, 0.1) is 35.3 Å². The Hall–Kier alpha value is -3.52. The average Bonchev–Trinajstić information content (AvgIpc) is 3.26. The van der Waals surface area contributed by atoms with Crippen molar-refractivity contribution < 1.29 is 18.7 Å². The number of anilines is 1. The Kier molecular flexibility index (Phi) is 6.61. The fourth-order valence-corrected chi connectivity index (χ4v) is 3.94. The Morgan fingerprint density at radius 2 is 1.94 bits per heavy atom. The summed E-state index contributed by atoms with van der Waals surface area (Å²) in [6, 6.07) is 12.7. The number of aromatic nitrogens is 2. The van der Waals surface area contributed by atoms with Crippen LogP contribution in [0.2, 0.25) is 0 Å². The van der Waals surface area contributed by atoms with E-state index in [-0.39, 0.29) is 17.6 Å². The molecule has 0 aliphatic carbocycles. The number of piperidine rings is 1. The zero-order valence-corrected chi connectivity index (χ0v) is 17.8. The molecule has 3 aromatic rings. The summed E-state index contributed by atoms with van der Waals surface area (Å²) in [5.41, 5.74) is 2.78. The highest BCUT2D eigenvalue weighted by Crippen LogP contribution is 2.31. The normalized spacial score (nSPS) is 14.2. The average molecular weight is 436 g/mol. The number of hydrogen-bond donors (Lipinski definition) is 2. The smallest absolute Gasteiger partial charge is 0.338 e. The third-order valence-electron chi connectivity index (χ3n) is 5.48. The Morgan fingerprint density at radius 1 is 1.19 bits per heavy atom. The van der Waals surface area contributed by atoms with E-state index in [0.717, 1.165) is 31.6 Å². The molecule has 0 saturated carbocycles. The second-order valence-corrected chi connectivity index (χ2v) is 7.61. The molecule has 7 nitrogen and oxygen atoms in total. The van der Waals surface area contributed by atoms with Gasteiger partial charge >= 0.3 is 5.97 Å². The summed E-state index contributed by atoms with van der Waals surface area (Å²) >= 11 is 0. The van der Waals surface area contributed by atoms with Crippen LogP contribution in [-0.4, -0.2) is 41.4 Å². The Labute approximate surface area is 185 Å². The van der Waals surface area contributed by atoms with Gasteiger partial charge in [0, 0.05) is 11.6 Å². The van der Waals surface area contributed by atoms with E-state index >= 15 is 0 Å². The Bertz CT molecular complexity index is 1100. The molecule has 0 atom stereocenters. The molecule has 0 bridgehead atoms. The molecule has 1 aliphatic rings. The molecule has 0 unspecified atom stereocenters. The number of benzene rings is 2. The van der Waals surface area contributed by atoms with E-state index in [1.54, 1.807) is 48.0 Å². The number of nitrogens with zero attached hydrogens (tertiary/aromatic N) is 2.